The van der Waals surface area contributed by atoms with E-state index in [1.165, 1.54) is 18.2 Å². The molecule has 3 aromatic carbocycles. The van der Waals surface area contributed by atoms with Crippen LogP contribution in [-0.2, 0) is 0 Å². The molecule has 6 nitrogen and oxygen atoms in total. The number of nitrogens with two attached hydrogens (primary N) is 1. The van der Waals surface area contributed by atoms with Crippen LogP contribution in [0, 0.1) is 5.82 Å². The summed E-state index contributed by atoms with van der Waals surface area (Å²) in [4.78, 5) is 12.2. The van der Waals surface area contributed by atoms with Gasteiger partial charge >= 0.3 is 6.03 Å². The summed E-state index contributed by atoms with van der Waals surface area (Å²) < 4.78 is 13.2. The molecule has 4 rings (SSSR count). The summed E-state index contributed by atoms with van der Waals surface area (Å²) in [5.74, 6) is 0.00315. The molecular formula is C20H16FN5O. The highest BCUT2D eigenvalue weighted by Crippen LogP contribution is 2.32. The number of hydrogen-bond acceptors (Lipinski definition) is 3. The van der Waals surface area contributed by atoms with Crippen molar-refractivity contribution in [1.82, 2.24) is 10.2 Å². The summed E-state index contributed by atoms with van der Waals surface area (Å²) in [6, 6.07) is 18.4. The van der Waals surface area contributed by atoms with Crippen molar-refractivity contribution in [3.8, 4) is 11.1 Å². The van der Waals surface area contributed by atoms with Crippen molar-refractivity contribution >= 4 is 34.1 Å². The first-order chi connectivity index (χ1) is 13.1. The molecule has 0 spiro atoms. The summed E-state index contributed by atoms with van der Waals surface area (Å²) in [6.45, 7) is 0. The van der Waals surface area contributed by atoms with Crippen LogP contribution in [0.3, 0.4) is 0 Å². The molecule has 1 heterocycles. The molecule has 4 aromatic rings. The fourth-order valence-electron chi connectivity index (χ4n) is 2.96. The molecule has 27 heavy (non-hydrogen) atoms. The molecule has 0 fully saturated rings. The van der Waals surface area contributed by atoms with Gasteiger partial charge in [-0.05, 0) is 47.5 Å². The molecule has 134 valence electrons. The Kier molecular flexibility index (Phi) is 4.18. The Morgan fingerprint density at radius 3 is 2.44 bits per heavy atom. The van der Waals surface area contributed by atoms with E-state index in [9.17, 15) is 9.18 Å². The molecule has 0 aliphatic carbocycles. The number of amides is 2. The summed E-state index contributed by atoms with van der Waals surface area (Å²) >= 11 is 0. The van der Waals surface area contributed by atoms with E-state index in [0.29, 0.717) is 17.2 Å². The number of rotatable bonds is 3. The number of carbonyl (C=O) groups excluding carboxylic acids is 1. The number of fused-ring (bicyclic) bond motifs is 1. The monoisotopic (exact) mass is 361 g/mol. The number of nitrogen functional groups attached to an aromatic ring is 1. The van der Waals surface area contributed by atoms with Crippen molar-refractivity contribution in [2.75, 3.05) is 16.4 Å². The number of halogens is 1. The Bertz CT molecular complexity index is 1140. The summed E-state index contributed by atoms with van der Waals surface area (Å²) in [6.07, 6.45) is 0. The Hall–Kier alpha value is -3.87. The van der Waals surface area contributed by atoms with Gasteiger partial charge in [0.1, 0.15) is 5.82 Å². The van der Waals surface area contributed by atoms with E-state index in [2.05, 4.69) is 20.8 Å². The van der Waals surface area contributed by atoms with E-state index in [0.717, 1.165) is 22.0 Å². The Labute approximate surface area is 154 Å². The number of carbonyl (C=O) groups is 1. The Balaban J connectivity index is 1.59. The number of aromatic nitrogens is 2. The average Bonchev–Trinajstić information content (AvgIpc) is 3.03. The second kappa shape index (κ2) is 6.80. The van der Waals surface area contributed by atoms with Gasteiger partial charge in [0.05, 0.1) is 10.9 Å². The highest BCUT2D eigenvalue weighted by molar-refractivity contribution is 6.03. The summed E-state index contributed by atoms with van der Waals surface area (Å²) in [5, 5.41) is 13.1. The predicted octanol–water partition coefficient (Wildman–Crippen LogP) is 4.60. The number of hydrogen-bond donors (Lipinski definition) is 4. The van der Waals surface area contributed by atoms with Gasteiger partial charge in [0.25, 0.3) is 0 Å². The summed E-state index contributed by atoms with van der Waals surface area (Å²) in [7, 11) is 0. The number of benzene rings is 3. The van der Waals surface area contributed by atoms with Crippen molar-refractivity contribution in [1.29, 1.82) is 0 Å². The van der Waals surface area contributed by atoms with E-state index in [4.69, 9.17) is 5.73 Å². The second-order valence-corrected chi connectivity index (χ2v) is 6.01. The van der Waals surface area contributed by atoms with Crippen LogP contribution in [0.15, 0.2) is 66.7 Å². The van der Waals surface area contributed by atoms with Crippen LogP contribution in [0.5, 0.6) is 0 Å². The van der Waals surface area contributed by atoms with Gasteiger partial charge in [0.15, 0.2) is 5.82 Å². The van der Waals surface area contributed by atoms with E-state index >= 15 is 0 Å². The molecule has 0 aliphatic heterocycles. The number of anilines is 3. The first-order valence-corrected chi connectivity index (χ1v) is 8.27. The normalized spacial score (nSPS) is 10.7. The lowest BCUT2D eigenvalue weighted by Gasteiger charge is -2.10. The van der Waals surface area contributed by atoms with Crippen molar-refractivity contribution in [2.45, 2.75) is 0 Å². The van der Waals surface area contributed by atoms with Gasteiger partial charge < -0.3 is 16.4 Å². The van der Waals surface area contributed by atoms with Gasteiger partial charge in [-0.3, -0.25) is 5.10 Å². The minimum Gasteiger partial charge on any atom is -0.382 e. The van der Waals surface area contributed by atoms with Crippen LogP contribution in [-0.4, -0.2) is 16.2 Å². The third kappa shape index (κ3) is 3.43. The van der Waals surface area contributed by atoms with Gasteiger partial charge in [-0.25, -0.2) is 9.18 Å². The minimum absolute atomic E-state index is 0.375. The van der Waals surface area contributed by atoms with Crippen LogP contribution in [0.25, 0.3) is 22.0 Å². The van der Waals surface area contributed by atoms with E-state index < -0.39 is 11.8 Å². The average molecular weight is 361 g/mol. The molecule has 0 radical (unpaired) electrons. The van der Waals surface area contributed by atoms with Gasteiger partial charge in [-0.1, -0.05) is 30.3 Å². The third-order valence-corrected chi connectivity index (χ3v) is 4.13. The smallest absolute Gasteiger partial charge is 0.323 e. The molecular weight excluding hydrogens is 345 g/mol. The van der Waals surface area contributed by atoms with Crippen LogP contribution in [0.1, 0.15) is 0 Å². The topological polar surface area (TPSA) is 95.8 Å². The Morgan fingerprint density at radius 2 is 1.67 bits per heavy atom. The van der Waals surface area contributed by atoms with Gasteiger partial charge in [-0.15, -0.1) is 0 Å². The van der Waals surface area contributed by atoms with Crippen molar-refractivity contribution in [3.63, 3.8) is 0 Å². The first kappa shape index (κ1) is 16.6. The van der Waals surface area contributed by atoms with Crippen LogP contribution in [0.2, 0.25) is 0 Å². The number of aromatic amines is 1. The highest BCUT2D eigenvalue weighted by Gasteiger charge is 2.11. The summed E-state index contributed by atoms with van der Waals surface area (Å²) in [5.41, 5.74) is 9.59. The first-order valence-electron chi connectivity index (χ1n) is 8.27. The van der Waals surface area contributed by atoms with Crippen LogP contribution < -0.4 is 16.4 Å². The lowest BCUT2D eigenvalue weighted by atomic mass is 10.0. The number of nitrogens with zero attached hydrogens (tertiary/aromatic N) is 1. The lowest BCUT2D eigenvalue weighted by molar-refractivity contribution is 0.262. The zero-order valence-electron chi connectivity index (χ0n) is 14.2. The SMILES string of the molecule is Nc1n[nH]c2cccc(-c3cccc(NC(=O)Nc4cccc(F)c4)c3)c12. The fraction of sp³-hybridized carbons (Fsp3) is 0. The molecule has 0 saturated carbocycles. The lowest BCUT2D eigenvalue weighted by Crippen LogP contribution is -2.19. The predicted molar refractivity (Wildman–Crippen MR) is 105 cm³/mol. The quantitative estimate of drug-likeness (QED) is 0.429. The molecule has 0 saturated heterocycles. The Morgan fingerprint density at radius 1 is 0.963 bits per heavy atom. The molecule has 0 aliphatic rings. The largest absolute Gasteiger partial charge is 0.382 e. The minimum atomic E-state index is -0.459. The maximum Gasteiger partial charge on any atom is 0.323 e. The van der Waals surface area contributed by atoms with Gasteiger partial charge in [-0.2, -0.15) is 5.10 Å². The molecule has 0 unspecified atom stereocenters. The van der Waals surface area contributed by atoms with Crippen LogP contribution in [0.4, 0.5) is 26.4 Å². The fourth-order valence-corrected chi connectivity index (χ4v) is 2.96. The number of nitrogens with one attached hydrogen (secondary N) is 3. The molecule has 0 atom stereocenters. The zero-order chi connectivity index (χ0) is 18.8. The molecule has 5 N–H and O–H groups in total. The zero-order valence-corrected chi connectivity index (χ0v) is 14.2. The molecule has 7 heteroatoms. The number of H-pyrrole nitrogens is 1. The maximum atomic E-state index is 13.2. The molecule has 2 amide bonds. The van der Waals surface area contributed by atoms with Crippen molar-refractivity contribution in [3.05, 3.63) is 72.5 Å². The van der Waals surface area contributed by atoms with Gasteiger partial charge in [0, 0.05) is 11.4 Å². The highest BCUT2D eigenvalue weighted by atomic mass is 19.1. The van der Waals surface area contributed by atoms with Gasteiger partial charge in [0.2, 0.25) is 0 Å². The van der Waals surface area contributed by atoms with Crippen molar-refractivity contribution < 1.29 is 9.18 Å². The van der Waals surface area contributed by atoms with E-state index in [1.54, 1.807) is 12.1 Å². The van der Waals surface area contributed by atoms with E-state index in [1.807, 2.05) is 36.4 Å². The standard InChI is InChI=1S/C20H16FN5O/c21-13-5-2-7-15(11-13)24-20(27)23-14-6-1-4-12(10-14)16-8-3-9-17-18(16)19(22)26-25-17/h1-11H,(H3,22,25,26)(H2,23,24,27). The molecule has 1 aromatic heterocycles. The van der Waals surface area contributed by atoms with Crippen LogP contribution >= 0.6 is 0 Å². The van der Waals surface area contributed by atoms with E-state index in [-0.39, 0.29) is 0 Å². The third-order valence-electron chi connectivity index (χ3n) is 4.13. The number of urea groups is 1. The second-order valence-electron chi connectivity index (χ2n) is 6.01. The molecule has 0 bridgehead atoms. The van der Waals surface area contributed by atoms with Crippen molar-refractivity contribution in [2.24, 2.45) is 0 Å². The maximum absolute atomic E-state index is 13.2.